The molecule has 0 fully saturated rings. The minimum absolute atomic E-state index is 0.382. The maximum Gasteiger partial charge on any atom is 0.239 e. The van der Waals surface area contributed by atoms with Crippen LogP contribution in [0.2, 0.25) is 0 Å². The van der Waals surface area contributed by atoms with E-state index in [1.165, 1.54) is 5.39 Å². The Kier molecular flexibility index (Phi) is 3.72. The Labute approximate surface area is 130 Å². The summed E-state index contributed by atoms with van der Waals surface area (Å²) in [5, 5.41) is 5.63. The molecule has 0 aliphatic heterocycles. The monoisotopic (exact) mass is 343 g/mol. The van der Waals surface area contributed by atoms with Gasteiger partial charge in [0.15, 0.2) is 0 Å². The molecule has 0 aliphatic carbocycles. The number of rotatable bonds is 3. The molecule has 0 atom stereocenters. The van der Waals surface area contributed by atoms with Crippen molar-refractivity contribution in [1.82, 2.24) is 9.97 Å². The third-order valence-electron chi connectivity index (χ3n) is 3.17. The average molecular weight is 344 g/mol. The summed E-state index contributed by atoms with van der Waals surface area (Å²) in [6, 6.07) is 12.4. The molecule has 0 unspecified atom stereocenters. The van der Waals surface area contributed by atoms with Gasteiger partial charge in [-0.05, 0) is 42.0 Å². The molecule has 2 aromatic carbocycles. The fourth-order valence-corrected chi connectivity index (χ4v) is 2.45. The number of benzene rings is 2. The Morgan fingerprint density at radius 2 is 1.86 bits per heavy atom. The van der Waals surface area contributed by atoms with Gasteiger partial charge in [-0.3, -0.25) is 5.43 Å². The number of hydrazine groups is 1. The smallest absolute Gasteiger partial charge is 0.239 e. The second kappa shape index (κ2) is 5.67. The van der Waals surface area contributed by atoms with Crippen LogP contribution >= 0.6 is 15.9 Å². The number of halogens is 1. The van der Waals surface area contributed by atoms with Crippen molar-refractivity contribution in [2.45, 2.75) is 6.92 Å². The molecule has 0 saturated heterocycles. The first-order valence-electron chi connectivity index (χ1n) is 6.42. The molecule has 0 radical (unpaired) electrons. The molecular formula is C15H14BrN5. The molecule has 3 aromatic rings. The van der Waals surface area contributed by atoms with Crippen LogP contribution in [0.3, 0.4) is 0 Å². The summed E-state index contributed by atoms with van der Waals surface area (Å²) < 4.78 is 1.07. The number of anilines is 3. The molecule has 0 aliphatic rings. The number of hydrogen-bond acceptors (Lipinski definition) is 5. The van der Waals surface area contributed by atoms with Crippen molar-refractivity contribution >= 4 is 44.2 Å². The van der Waals surface area contributed by atoms with Gasteiger partial charge in [-0.15, -0.1) is 0 Å². The van der Waals surface area contributed by atoms with E-state index in [1.807, 2.05) is 19.1 Å². The lowest BCUT2D eigenvalue weighted by Gasteiger charge is -2.10. The highest BCUT2D eigenvalue weighted by molar-refractivity contribution is 9.10. The van der Waals surface area contributed by atoms with Gasteiger partial charge in [0.2, 0.25) is 5.95 Å². The van der Waals surface area contributed by atoms with E-state index in [2.05, 4.69) is 60.9 Å². The summed E-state index contributed by atoms with van der Waals surface area (Å²) >= 11 is 3.48. The van der Waals surface area contributed by atoms with Crippen molar-refractivity contribution in [3.8, 4) is 0 Å². The Morgan fingerprint density at radius 3 is 2.67 bits per heavy atom. The van der Waals surface area contributed by atoms with Crippen LogP contribution in [0.25, 0.3) is 10.8 Å². The number of nitrogens with two attached hydrogens (primary N) is 1. The van der Waals surface area contributed by atoms with Crippen LogP contribution in [-0.2, 0) is 0 Å². The largest absolute Gasteiger partial charge is 0.340 e. The van der Waals surface area contributed by atoms with Gasteiger partial charge in [0.1, 0.15) is 5.82 Å². The predicted octanol–water partition coefficient (Wildman–Crippen LogP) is 3.73. The highest BCUT2D eigenvalue weighted by Gasteiger charge is 2.04. The molecule has 0 saturated carbocycles. The second-order valence-electron chi connectivity index (χ2n) is 4.70. The first-order valence-corrected chi connectivity index (χ1v) is 7.21. The van der Waals surface area contributed by atoms with E-state index in [4.69, 9.17) is 5.84 Å². The zero-order chi connectivity index (χ0) is 14.8. The lowest BCUT2D eigenvalue weighted by atomic mass is 10.1. The van der Waals surface area contributed by atoms with Crippen molar-refractivity contribution < 1.29 is 0 Å². The number of hydrogen-bond donors (Lipinski definition) is 3. The molecule has 21 heavy (non-hydrogen) atoms. The van der Waals surface area contributed by atoms with E-state index in [-0.39, 0.29) is 0 Å². The summed E-state index contributed by atoms with van der Waals surface area (Å²) in [6.45, 7) is 1.95. The summed E-state index contributed by atoms with van der Waals surface area (Å²) in [7, 11) is 0. The summed E-state index contributed by atoms with van der Waals surface area (Å²) in [5.41, 5.74) is 4.36. The van der Waals surface area contributed by atoms with E-state index in [1.54, 1.807) is 6.20 Å². The minimum atomic E-state index is 0.382. The Bertz CT molecular complexity index is 803. The van der Waals surface area contributed by atoms with Crippen LogP contribution in [0, 0.1) is 6.92 Å². The second-order valence-corrected chi connectivity index (χ2v) is 5.62. The number of fused-ring (bicyclic) bond motifs is 1. The highest BCUT2D eigenvalue weighted by Crippen LogP contribution is 2.25. The normalized spacial score (nSPS) is 10.6. The van der Waals surface area contributed by atoms with E-state index < -0.39 is 0 Å². The Balaban J connectivity index is 1.96. The molecule has 1 heterocycles. The third kappa shape index (κ3) is 2.96. The molecule has 0 spiro atoms. The number of aryl methyl sites for hydroxylation is 1. The lowest BCUT2D eigenvalue weighted by molar-refractivity contribution is 1.09. The standard InChI is InChI=1S/C15H14BrN5/c1-9-8-18-15(21-17)20-14(9)19-13-5-3-10-6-12(16)4-2-11(10)7-13/h2-8H,17H2,1H3,(H2,18,19,20,21). The predicted molar refractivity (Wildman–Crippen MR) is 89.5 cm³/mol. The number of nitrogens with zero attached hydrogens (tertiary/aromatic N) is 2. The van der Waals surface area contributed by atoms with Crippen molar-refractivity contribution in [2.75, 3.05) is 10.7 Å². The van der Waals surface area contributed by atoms with Crippen LogP contribution in [0.1, 0.15) is 5.56 Å². The zero-order valence-electron chi connectivity index (χ0n) is 11.4. The average Bonchev–Trinajstić information content (AvgIpc) is 2.49. The van der Waals surface area contributed by atoms with Crippen molar-refractivity contribution in [2.24, 2.45) is 5.84 Å². The van der Waals surface area contributed by atoms with E-state index in [0.717, 1.165) is 26.9 Å². The Morgan fingerprint density at radius 1 is 1.10 bits per heavy atom. The van der Waals surface area contributed by atoms with Crippen LogP contribution in [0.4, 0.5) is 17.5 Å². The van der Waals surface area contributed by atoms with Gasteiger partial charge in [-0.1, -0.05) is 28.1 Å². The van der Waals surface area contributed by atoms with Gasteiger partial charge in [-0.25, -0.2) is 10.8 Å². The maximum absolute atomic E-state index is 5.34. The molecular weight excluding hydrogens is 330 g/mol. The first kappa shape index (κ1) is 13.8. The van der Waals surface area contributed by atoms with Crippen LogP contribution in [0.15, 0.2) is 47.1 Å². The van der Waals surface area contributed by atoms with Gasteiger partial charge in [0.25, 0.3) is 0 Å². The molecule has 3 rings (SSSR count). The molecule has 1 aromatic heterocycles. The topological polar surface area (TPSA) is 75.9 Å². The number of nitrogen functional groups attached to an aromatic ring is 1. The van der Waals surface area contributed by atoms with Crippen LogP contribution in [-0.4, -0.2) is 9.97 Å². The Hall–Kier alpha value is -2.18. The fraction of sp³-hybridized carbons (Fsp3) is 0.0667. The zero-order valence-corrected chi connectivity index (χ0v) is 13.0. The molecule has 0 amide bonds. The van der Waals surface area contributed by atoms with Gasteiger partial charge in [-0.2, -0.15) is 4.98 Å². The molecule has 4 N–H and O–H groups in total. The van der Waals surface area contributed by atoms with Crippen LogP contribution in [0.5, 0.6) is 0 Å². The summed E-state index contributed by atoms with van der Waals surface area (Å²) in [6.07, 6.45) is 1.72. The lowest BCUT2D eigenvalue weighted by Crippen LogP contribution is -2.11. The van der Waals surface area contributed by atoms with E-state index in [0.29, 0.717) is 5.95 Å². The van der Waals surface area contributed by atoms with Crippen molar-refractivity contribution in [3.63, 3.8) is 0 Å². The van der Waals surface area contributed by atoms with Crippen molar-refractivity contribution in [1.29, 1.82) is 0 Å². The molecule has 0 bridgehead atoms. The summed E-state index contributed by atoms with van der Waals surface area (Å²) in [4.78, 5) is 8.38. The molecule has 6 heteroatoms. The molecule has 5 nitrogen and oxygen atoms in total. The van der Waals surface area contributed by atoms with Gasteiger partial charge >= 0.3 is 0 Å². The van der Waals surface area contributed by atoms with Crippen LogP contribution < -0.4 is 16.6 Å². The number of nitrogens with one attached hydrogen (secondary N) is 2. The first-order chi connectivity index (χ1) is 10.2. The maximum atomic E-state index is 5.34. The van der Waals surface area contributed by atoms with E-state index >= 15 is 0 Å². The van der Waals surface area contributed by atoms with Crippen molar-refractivity contribution in [3.05, 3.63) is 52.6 Å². The fourth-order valence-electron chi connectivity index (χ4n) is 2.07. The van der Waals surface area contributed by atoms with E-state index in [9.17, 15) is 0 Å². The summed E-state index contributed by atoms with van der Waals surface area (Å²) in [5.74, 6) is 6.46. The van der Waals surface area contributed by atoms with Gasteiger partial charge < -0.3 is 5.32 Å². The number of aromatic nitrogens is 2. The quantitative estimate of drug-likeness (QED) is 0.499. The minimum Gasteiger partial charge on any atom is -0.340 e. The van der Waals surface area contributed by atoms with Gasteiger partial charge in [0.05, 0.1) is 0 Å². The molecule has 106 valence electrons. The SMILES string of the molecule is Cc1cnc(NN)nc1Nc1ccc2cc(Br)ccc2c1. The third-order valence-corrected chi connectivity index (χ3v) is 3.66. The highest BCUT2D eigenvalue weighted by atomic mass is 79.9. The van der Waals surface area contributed by atoms with Gasteiger partial charge in [0, 0.05) is 21.9 Å².